The predicted molar refractivity (Wildman–Crippen MR) is 120 cm³/mol. The molecule has 0 bridgehead atoms. The number of hydrogen-bond acceptors (Lipinski definition) is 6. The van der Waals surface area contributed by atoms with E-state index in [2.05, 4.69) is 20.2 Å². The van der Waals surface area contributed by atoms with Crippen molar-refractivity contribution in [3.8, 4) is 0 Å². The van der Waals surface area contributed by atoms with Crippen LogP contribution in [0.25, 0.3) is 0 Å². The van der Waals surface area contributed by atoms with E-state index < -0.39 is 5.82 Å². The number of benzene rings is 1. The van der Waals surface area contributed by atoms with Crippen molar-refractivity contribution in [1.29, 1.82) is 5.41 Å². The Morgan fingerprint density at radius 3 is 2.84 bits per heavy atom. The van der Waals surface area contributed by atoms with Gasteiger partial charge in [-0.05, 0) is 31.1 Å². The van der Waals surface area contributed by atoms with Crippen LogP contribution in [0.4, 0.5) is 4.39 Å². The van der Waals surface area contributed by atoms with Gasteiger partial charge in [-0.25, -0.2) is 9.37 Å². The fourth-order valence-corrected chi connectivity index (χ4v) is 4.53. The summed E-state index contributed by atoms with van der Waals surface area (Å²) in [5.41, 5.74) is 7.26. The molecule has 4 rings (SSSR count). The summed E-state index contributed by atoms with van der Waals surface area (Å²) in [6, 6.07) is 2.71. The van der Waals surface area contributed by atoms with Gasteiger partial charge in [0, 0.05) is 29.6 Å². The van der Waals surface area contributed by atoms with E-state index in [9.17, 15) is 4.39 Å². The number of aromatic amines is 1. The standard InChI is InChI=1S/C21H24Cl2FN7/c22-14-6-7-15(24)18(23)13(14)11-31-9-8-27-19(26)17(31)10-16(25)21-28-20(29-30-21)12-4-2-1-3-5-12/h6-7,10,12,25H,1-5,8-9,11H2,(H2,26,27)(H,28,29,30)/b17-10+,25-16?. The van der Waals surface area contributed by atoms with E-state index in [0.29, 0.717) is 47.0 Å². The van der Waals surface area contributed by atoms with Crippen LogP contribution in [-0.2, 0) is 6.54 Å². The Balaban J connectivity index is 1.57. The number of amidine groups is 1. The van der Waals surface area contributed by atoms with Gasteiger partial charge in [0.15, 0.2) is 5.82 Å². The first-order valence-electron chi connectivity index (χ1n) is 10.3. The van der Waals surface area contributed by atoms with Gasteiger partial charge >= 0.3 is 0 Å². The van der Waals surface area contributed by atoms with Gasteiger partial charge in [-0.1, -0.05) is 42.5 Å². The van der Waals surface area contributed by atoms with E-state index in [-0.39, 0.29) is 17.3 Å². The van der Waals surface area contributed by atoms with E-state index >= 15 is 0 Å². The molecular weight excluding hydrogens is 440 g/mol. The van der Waals surface area contributed by atoms with Crippen LogP contribution in [0, 0.1) is 11.2 Å². The summed E-state index contributed by atoms with van der Waals surface area (Å²) in [6.45, 7) is 1.25. The zero-order chi connectivity index (χ0) is 22.0. The van der Waals surface area contributed by atoms with Gasteiger partial charge in [-0.3, -0.25) is 15.5 Å². The van der Waals surface area contributed by atoms with Crippen molar-refractivity contribution in [1.82, 2.24) is 20.1 Å². The Morgan fingerprint density at radius 1 is 1.29 bits per heavy atom. The molecule has 0 amide bonds. The Hall–Kier alpha value is -2.45. The second kappa shape index (κ2) is 9.36. The third-order valence-electron chi connectivity index (χ3n) is 5.76. The minimum atomic E-state index is -0.533. The molecule has 2 heterocycles. The van der Waals surface area contributed by atoms with Crippen LogP contribution in [0.3, 0.4) is 0 Å². The summed E-state index contributed by atoms with van der Waals surface area (Å²) in [4.78, 5) is 10.7. The lowest BCUT2D eigenvalue weighted by molar-refractivity contribution is 0.352. The molecular formula is C21H24Cl2FN7. The average molecular weight is 464 g/mol. The van der Waals surface area contributed by atoms with Crippen molar-refractivity contribution >= 4 is 34.7 Å². The Labute approximate surface area is 190 Å². The molecule has 1 aromatic heterocycles. The first-order valence-corrected chi connectivity index (χ1v) is 11.1. The van der Waals surface area contributed by atoms with E-state index in [4.69, 9.17) is 34.3 Å². The Bertz CT molecular complexity index is 1040. The van der Waals surface area contributed by atoms with Crippen LogP contribution in [-0.4, -0.2) is 44.7 Å². The van der Waals surface area contributed by atoms with Gasteiger partial charge < -0.3 is 10.6 Å². The molecule has 1 aliphatic carbocycles. The highest BCUT2D eigenvalue weighted by Gasteiger charge is 2.24. The third-order valence-corrected chi connectivity index (χ3v) is 6.52. The van der Waals surface area contributed by atoms with Crippen LogP contribution < -0.4 is 5.73 Å². The molecule has 1 fully saturated rings. The molecule has 7 nitrogen and oxygen atoms in total. The monoisotopic (exact) mass is 463 g/mol. The fourth-order valence-electron chi connectivity index (χ4n) is 4.04. The molecule has 0 spiro atoms. The molecule has 1 aromatic carbocycles. The number of aliphatic imine (C=N–C) groups is 1. The topological polar surface area (TPSA) is 107 Å². The Kier molecular flexibility index (Phi) is 6.57. The maximum atomic E-state index is 13.9. The van der Waals surface area contributed by atoms with E-state index in [1.165, 1.54) is 31.4 Å². The molecule has 2 aromatic rings. The highest BCUT2D eigenvalue weighted by Crippen LogP contribution is 2.31. The molecule has 2 aliphatic rings. The van der Waals surface area contributed by atoms with Crippen molar-refractivity contribution in [3.05, 3.63) is 57.0 Å². The molecule has 0 saturated heterocycles. The van der Waals surface area contributed by atoms with Gasteiger partial charge in [0.05, 0.1) is 17.3 Å². The zero-order valence-corrected chi connectivity index (χ0v) is 18.5. The second-order valence-electron chi connectivity index (χ2n) is 7.83. The van der Waals surface area contributed by atoms with Crippen molar-refractivity contribution in [2.45, 2.75) is 44.6 Å². The predicted octanol–water partition coefficient (Wildman–Crippen LogP) is 4.42. The number of rotatable bonds is 5. The molecule has 1 aliphatic heterocycles. The van der Waals surface area contributed by atoms with Crippen LogP contribution in [0.5, 0.6) is 0 Å². The Morgan fingerprint density at radius 2 is 2.06 bits per heavy atom. The maximum absolute atomic E-state index is 13.9. The van der Waals surface area contributed by atoms with Gasteiger partial charge in [0.1, 0.15) is 23.2 Å². The first-order chi connectivity index (χ1) is 14.9. The average Bonchev–Trinajstić information content (AvgIpc) is 3.27. The quantitative estimate of drug-likeness (QED) is 0.450. The summed E-state index contributed by atoms with van der Waals surface area (Å²) in [5.74, 6) is 1.27. The summed E-state index contributed by atoms with van der Waals surface area (Å²) >= 11 is 12.4. The van der Waals surface area contributed by atoms with E-state index in [0.717, 1.165) is 18.7 Å². The van der Waals surface area contributed by atoms with Gasteiger partial charge in [-0.15, -0.1) is 0 Å². The van der Waals surface area contributed by atoms with E-state index in [1.54, 1.807) is 6.08 Å². The number of nitrogens with two attached hydrogens (primary N) is 1. The SMILES string of the molecule is N=C(/C=C1\C(N)=NCCN1Cc1c(Cl)ccc(F)c1Cl)c1n[nH]c(C2CCCCC2)n1. The molecule has 0 unspecified atom stereocenters. The van der Waals surface area contributed by atoms with Crippen LogP contribution >= 0.6 is 23.2 Å². The number of halogens is 3. The fraction of sp³-hybridized carbons (Fsp3) is 0.429. The van der Waals surface area contributed by atoms with Crippen molar-refractivity contribution in [2.24, 2.45) is 10.7 Å². The number of aromatic nitrogens is 3. The van der Waals surface area contributed by atoms with Crippen molar-refractivity contribution < 1.29 is 4.39 Å². The van der Waals surface area contributed by atoms with Crippen LogP contribution in [0.15, 0.2) is 28.9 Å². The van der Waals surface area contributed by atoms with Crippen LogP contribution in [0.1, 0.15) is 55.2 Å². The largest absolute Gasteiger partial charge is 0.382 e. The maximum Gasteiger partial charge on any atom is 0.199 e. The summed E-state index contributed by atoms with van der Waals surface area (Å²) in [6.07, 6.45) is 7.40. The highest BCUT2D eigenvalue weighted by molar-refractivity contribution is 6.36. The number of H-pyrrole nitrogens is 1. The molecule has 4 N–H and O–H groups in total. The lowest BCUT2D eigenvalue weighted by Crippen LogP contribution is -2.38. The molecule has 0 atom stereocenters. The molecule has 10 heteroatoms. The molecule has 1 saturated carbocycles. The summed E-state index contributed by atoms with van der Waals surface area (Å²) in [7, 11) is 0. The van der Waals surface area contributed by atoms with Gasteiger partial charge in [0.25, 0.3) is 0 Å². The van der Waals surface area contributed by atoms with Gasteiger partial charge in [0.2, 0.25) is 0 Å². The lowest BCUT2D eigenvalue weighted by atomic mass is 9.89. The van der Waals surface area contributed by atoms with Crippen LogP contribution in [0.2, 0.25) is 10.0 Å². The van der Waals surface area contributed by atoms with Crippen molar-refractivity contribution in [2.75, 3.05) is 13.1 Å². The molecule has 31 heavy (non-hydrogen) atoms. The highest BCUT2D eigenvalue weighted by atomic mass is 35.5. The summed E-state index contributed by atoms with van der Waals surface area (Å²) in [5, 5.41) is 16.1. The van der Waals surface area contributed by atoms with Gasteiger partial charge in [-0.2, -0.15) is 5.10 Å². The molecule has 0 radical (unpaired) electrons. The normalized spacial score (nSPS) is 19.0. The number of nitrogens with zero attached hydrogens (tertiary/aromatic N) is 4. The molecule has 164 valence electrons. The minimum Gasteiger partial charge on any atom is -0.382 e. The second-order valence-corrected chi connectivity index (χ2v) is 8.62. The minimum absolute atomic E-state index is 0.0194. The number of nitrogens with one attached hydrogen (secondary N) is 2. The third kappa shape index (κ3) is 4.75. The summed E-state index contributed by atoms with van der Waals surface area (Å²) < 4.78 is 13.9. The zero-order valence-electron chi connectivity index (χ0n) is 17.0. The van der Waals surface area contributed by atoms with E-state index in [1.807, 2.05) is 4.90 Å². The first kappa shape index (κ1) is 21.8. The number of hydrogen-bond donors (Lipinski definition) is 3. The van der Waals surface area contributed by atoms with Crippen molar-refractivity contribution in [3.63, 3.8) is 0 Å². The smallest absolute Gasteiger partial charge is 0.199 e. The lowest BCUT2D eigenvalue weighted by Gasteiger charge is -2.30. The number of allylic oxidation sites excluding steroid dienone is 1.